The topological polar surface area (TPSA) is 107 Å². The lowest BCUT2D eigenvalue weighted by Crippen LogP contribution is -2.22. The second-order valence-electron chi connectivity index (χ2n) is 7.89. The van der Waals surface area contributed by atoms with Crippen molar-refractivity contribution in [2.75, 3.05) is 26.1 Å². The first-order valence-electron chi connectivity index (χ1n) is 11.3. The van der Waals surface area contributed by atoms with Crippen molar-refractivity contribution in [2.24, 2.45) is 0 Å². The zero-order valence-corrected chi connectivity index (χ0v) is 21.7. The van der Waals surface area contributed by atoms with E-state index in [1.54, 1.807) is 19.1 Å². The molecular weight excluding hydrogens is 525 g/mol. The lowest BCUT2D eigenvalue weighted by Gasteiger charge is -2.23. The molecule has 2 atom stereocenters. The number of rotatable bonds is 11. The maximum Gasteiger partial charge on any atom is 0.371 e. The van der Waals surface area contributed by atoms with Gasteiger partial charge in [-0.05, 0) is 32.0 Å². The normalized spacial score (nSPS) is 13.2. The first kappa shape index (κ1) is 28.8. The molecular formula is C26H25F3N2O6S. The molecule has 0 radical (unpaired) electrons. The van der Waals surface area contributed by atoms with E-state index in [1.165, 1.54) is 18.6 Å². The number of benzene rings is 2. The van der Waals surface area contributed by atoms with Gasteiger partial charge in [-0.15, -0.1) is 11.3 Å². The van der Waals surface area contributed by atoms with Gasteiger partial charge in [0, 0.05) is 47.4 Å². The second kappa shape index (κ2) is 12.7. The lowest BCUT2D eigenvalue weighted by molar-refractivity contribution is -0.135. The summed E-state index contributed by atoms with van der Waals surface area (Å²) >= 11 is 0.992. The summed E-state index contributed by atoms with van der Waals surface area (Å²) in [5.74, 6) is -5.97. The number of methoxy groups -OCH3 is 2. The Labute approximate surface area is 220 Å². The fraction of sp³-hybridized carbons (Fsp3) is 0.269. The summed E-state index contributed by atoms with van der Waals surface area (Å²) in [6, 6.07) is 6.27. The van der Waals surface area contributed by atoms with Crippen LogP contribution in [0, 0.1) is 17.5 Å². The molecule has 3 aromatic rings. The van der Waals surface area contributed by atoms with Crippen LogP contribution in [0.1, 0.15) is 41.4 Å². The molecule has 202 valence electrons. The number of hydrogen-bond donors (Lipinski definition) is 2. The van der Waals surface area contributed by atoms with Gasteiger partial charge in [-0.2, -0.15) is 0 Å². The van der Waals surface area contributed by atoms with E-state index in [9.17, 15) is 18.4 Å². The van der Waals surface area contributed by atoms with Crippen LogP contribution in [-0.2, 0) is 19.0 Å². The number of aliphatic carboxylic acids is 1. The molecule has 1 amide bonds. The predicted octanol–water partition coefficient (Wildman–Crippen LogP) is 5.66. The Balaban J connectivity index is 1.84. The second-order valence-corrected chi connectivity index (χ2v) is 8.75. The molecule has 0 aliphatic rings. The summed E-state index contributed by atoms with van der Waals surface area (Å²) in [5.41, 5.74) is -0.359. The van der Waals surface area contributed by atoms with Crippen LogP contribution in [-0.4, -0.2) is 48.9 Å². The fourth-order valence-corrected chi connectivity index (χ4v) is 4.41. The quantitative estimate of drug-likeness (QED) is 0.234. The summed E-state index contributed by atoms with van der Waals surface area (Å²) in [5, 5.41) is 13.0. The van der Waals surface area contributed by atoms with Gasteiger partial charge in [-0.3, -0.25) is 10.1 Å². The molecule has 2 unspecified atom stereocenters. The van der Waals surface area contributed by atoms with E-state index < -0.39 is 52.9 Å². The van der Waals surface area contributed by atoms with Crippen LogP contribution in [0.4, 0.5) is 18.3 Å². The Hall–Kier alpha value is -3.74. The van der Waals surface area contributed by atoms with E-state index in [0.29, 0.717) is 12.7 Å². The number of ether oxygens (including phenoxy) is 3. The molecule has 0 aliphatic carbocycles. The molecule has 0 fully saturated rings. The van der Waals surface area contributed by atoms with Crippen LogP contribution in [0.2, 0.25) is 0 Å². The van der Waals surface area contributed by atoms with Gasteiger partial charge in [0.1, 0.15) is 23.6 Å². The highest BCUT2D eigenvalue weighted by atomic mass is 32.1. The molecule has 0 spiro atoms. The Morgan fingerprint density at radius 1 is 1.18 bits per heavy atom. The molecule has 0 saturated heterocycles. The fourth-order valence-electron chi connectivity index (χ4n) is 3.71. The molecule has 2 N–H and O–H groups in total. The molecule has 1 aromatic heterocycles. The van der Waals surface area contributed by atoms with E-state index in [0.717, 1.165) is 30.6 Å². The minimum Gasteiger partial charge on any atom is -0.490 e. The van der Waals surface area contributed by atoms with Crippen LogP contribution in [0.5, 0.6) is 0 Å². The summed E-state index contributed by atoms with van der Waals surface area (Å²) in [6.45, 7) is 4.03. The van der Waals surface area contributed by atoms with Gasteiger partial charge < -0.3 is 19.3 Å². The van der Waals surface area contributed by atoms with Crippen LogP contribution in [0.25, 0.3) is 17.3 Å². The van der Waals surface area contributed by atoms with Gasteiger partial charge >= 0.3 is 5.97 Å². The molecule has 1 heterocycles. The number of thiazole rings is 1. The average Bonchev–Trinajstić information content (AvgIpc) is 3.33. The van der Waals surface area contributed by atoms with Crippen molar-refractivity contribution < 1.29 is 42.1 Å². The van der Waals surface area contributed by atoms with Gasteiger partial charge in [-0.25, -0.2) is 22.9 Å². The molecule has 0 saturated carbocycles. The number of carbonyl (C=O) groups excluding carboxylic acids is 1. The third-order valence-electron chi connectivity index (χ3n) is 5.49. The van der Waals surface area contributed by atoms with Crippen LogP contribution in [0.15, 0.2) is 41.5 Å². The maximum atomic E-state index is 15.4. The number of anilines is 1. The first-order valence-corrected chi connectivity index (χ1v) is 12.2. The van der Waals surface area contributed by atoms with E-state index in [1.807, 2.05) is 6.92 Å². The van der Waals surface area contributed by atoms with Gasteiger partial charge in [-0.1, -0.05) is 12.1 Å². The highest BCUT2D eigenvalue weighted by Gasteiger charge is 2.25. The molecule has 0 aliphatic heterocycles. The van der Waals surface area contributed by atoms with Crippen LogP contribution >= 0.6 is 11.3 Å². The first-order chi connectivity index (χ1) is 18.1. The molecule has 8 nitrogen and oxygen atoms in total. The van der Waals surface area contributed by atoms with Crippen molar-refractivity contribution in [3.63, 3.8) is 0 Å². The predicted molar refractivity (Wildman–Crippen MR) is 135 cm³/mol. The smallest absolute Gasteiger partial charge is 0.371 e. The van der Waals surface area contributed by atoms with Gasteiger partial charge in [0.2, 0.25) is 5.76 Å². The van der Waals surface area contributed by atoms with Crippen molar-refractivity contribution >= 4 is 34.4 Å². The lowest BCUT2D eigenvalue weighted by atomic mass is 10.00. The van der Waals surface area contributed by atoms with Crippen LogP contribution in [0.3, 0.4) is 0 Å². The number of nitrogens with zero attached hydrogens (tertiary/aromatic N) is 1. The summed E-state index contributed by atoms with van der Waals surface area (Å²) in [7, 11) is 2.50. The van der Waals surface area contributed by atoms with Crippen LogP contribution < -0.4 is 5.32 Å². The van der Waals surface area contributed by atoms with E-state index >= 15 is 4.39 Å². The number of hydrogen-bond acceptors (Lipinski definition) is 7. The van der Waals surface area contributed by atoms with Crippen molar-refractivity contribution in [1.82, 2.24) is 4.98 Å². The minimum atomic E-state index is -1.52. The SMILES string of the molecule is CCOC(C)C(OC)c1cccc(-c2csc(NC(=O)c3cc(F)c(C=C(OC)C(=O)O)c(F)c3)n2)c1F. The summed E-state index contributed by atoms with van der Waals surface area (Å²) in [6.07, 6.45) is -0.396. The third-order valence-corrected chi connectivity index (χ3v) is 6.25. The number of carbonyl (C=O) groups is 2. The van der Waals surface area contributed by atoms with Crippen molar-refractivity contribution in [2.45, 2.75) is 26.1 Å². The van der Waals surface area contributed by atoms with Gasteiger partial charge in [0.05, 0.1) is 18.9 Å². The number of nitrogens with one attached hydrogen (secondary N) is 1. The standard InChI is InChI=1S/C26H25F3N2O6S/c1-5-37-13(2)23(36-4)16-8-6-7-15(22(16)29)20-12-38-26(30-20)31-24(32)14-9-18(27)17(19(28)10-14)11-21(35-3)25(33)34/h6-13,23H,5H2,1-4H3,(H,33,34)(H,30,31,32). The van der Waals surface area contributed by atoms with Crippen molar-refractivity contribution in [3.05, 3.63) is 75.6 Å². The zero-order chi connectivity index (χ0) is 28.0. The minimum absolute atomic E-state index is 0.0677. The molecule has 38 heavy (non-hydrogen) atoms. The van der Waals surface area contributed by atoms with E-state index in [4.69, 9.17) is 14.6 Å². The molecule has 3 rings (SSSR count). The Morgan fingerprint density at radius 2 is 1.87 bits per heavy atom. The number of amides is 1. The number of aromatic nitrogens is 1. The highest BCUT2D eigenvalue weighted by molar-refractivity contribution is 7.14. The Bertz CT molecular complexity index is 1340. The molecule has 12 heteroatoms. The third kappa shape index (κ3) is 6.39. The van der Waals surface area contributed by atoms with E-state index in [2.05, 4.69) is 15.0 Å². The van der Waals surface area contributed by atoms with Crippen molar-refractivity contribution in [3.8, 4) is 11.3 Å². The largest absolute Gasteiger partial charge is 0.490 e. The monoisotopic (exact) mass is 550 g/mol. The average molecular weight is 551 g/mol. The maximum absolute atomic E-state index is 15.4. The molecule has 2 aromatic carbocycles. The van der Waals surface area contributed by atoms with E-state index in [-0.39, 0.29) is 27.5 Å². The number of carboxylic acid groups (broad SMARTS) is 1. The molecule has 0 bridgehead atoms. The van der Waals surface area contributed by atoms with Crippen molar-refractivity contribution in [1.29, 1.82) is 0 Å². The highest BCUT2D eigenvalue weighted by Crippen LogP contribution is 2.33. The number of halogens is 3. The number of carboxylic acids is 1. The summed E-state index contributed by atoms with van der Waals surface area (Å²) in [4.78, 5) is 27.9. The Morgan fingerprint density at radius 3 is 2.45 bits per heavy atom. The zero-order valence-electron chi connectivity index (χ0n) is 20.9. The Kier molecular flexibility index (Phi) is 9.61. The van der Waals surface area contributed by atoms with Gasteiger partial charge in [0.25, 0.3) is 5.91 Å². The van der Waals surface area contributed by atoms with Gasteiger partial charge in [0.15, 0.2) is 5.13 Å². The summed E-state index contributed by atoms with van der Waals surface area (Å²) < 4.78 is 60.0.